The summed E-state index contributed by atoms with van der Waals surface area (Å²) in [6, 6.07) is 0. The monoisotopic (exact) mass is 294 g/mol. The summed E-state index contributed by atoms with van der Waals surface area (Å²) in [6.45, 7) is 10.3. The van der Waals surface area contributed by atoms with Crippen molar-refractivity contribution >= 4 is 0 Å². The summed E-state index contributed by atoms with van der Waals surface area (Å²) in [5.41, 5.74) is 0. The summed E-state index contributed by atoms with van der Waals surface area (Å²) in [5.74, 6) is 0.524. The van der Waals surface area contributed by atoms with Crippen molar-refractivity contribution in [3.05, 3.63) is 0 Å². The second kappa shape index (κ2) is 18.8. The third kappa shape index (κ3) is 17.8. The fourth-order valence-electron chi connectivity index (χ4n) is 1.43. The lowest BCUT2D eigenvalue weighted by Gasteiger charge is -2.14. The van der Waals surface area contributed by atoms with Crippen LogP contribution in [-0.2, 0) is 14.5 Å². The zero-order chi connectivity index (χ0) is 15.6. The summed E-state index contributed by atoms with van der Waals surface area (Å²) in [4.78, 5) is 9.77. The van der Waals surface area contributed by atoms with Crippen LogP contribution in [0.4, 0.5) is 0 Å². The van der Waals surface area contributed by atoms with Crippen LogP contribution in [0.2, 0.25) is 0 Å². The van der Waals surface area contributed by atoms with Crippen molar-refractivity contribution in [3.63, 3.8) is 0 Å². The largest absolute Gasteiger partial charge is 0.394 e. The first kappa shape index (κ1) is 22.1. The van der Waals surface area contributed by atoms with Crippen molar-refractivity contribution in [3.8, 4) is 0 Å². The number of aliphatic hydroxyl groups excluding tert-OH is 2. The third-order valence-electron chi connectivity index (χ3n) is 2.81. The molecule has 5 nitrogen and oxygen atoms in total. The van der Waals surface area contributed by atoms with E-state index in [9.17, 15) is 0 Å². The Morgan fingerprint density at radius 1 is 0.950 bits per heavy atom. The van der Waals surface area contributed by atoms with Gasteiger partial charge in [-0.05, 0) is 26.2 Å². The smallest absolute Gasteiger partial charge is 0.110 e. The van der Waals surface area contributed by atoms with Gasteiger partial charge in [-0.3, -0.25) is 0 Å². The first-order valence-electron chi connectivity index (χ1n) is 7.77. The van der Waals surface area contributed by atoms with E-state index in [1.807, 2.05) is 13.8 Å². The third-order valence-corrected chi connectivity index (χ3v) is 2.81. The molecule has 0 aliphatic rings. The van der Waals surface area contributed by atoms with Gasteiger partial charge in [0.15, 0.2) is 0 Å². The van der Waals surface area contributed by atoms with Gasteiger partial charge in [-0.25, -0.2) is 9.78 Å². The molecule has 0 aromatic heterocycles. The van der Waals surface area contributed by atoms with Gasteiger partial charge in [-0.2, -0.15) is 0 Å². The van der Waals surface area contributed by atoms with Gasteiger partial charge in [-0.1, -0.05) is 33.1 Å². The molecule has 0 amide bonds. The van der Waals surface area contributed by atoms with Crippen LogP contribution in [0.15, 0.2) is 0 Å². The minimum absolute atomic E-state index is 0.0285. The molecule has 0 saturated heterocycles. The number of hydrogen-bond donors (Lipinski definition) is 2. The van der Waals surface area contributed by atoms with Crippen LogP contribution in [0.25, 0.3) is 0 Å². The maximum atomic E-state index is 8.97. The van der Waals surface area contributed by atoms with Gasteiger partial charge < -0.3 is 14.9 Å². The first-order chi connectivity index (χ1) is 9.65. The Bertz CT molecular complexity index is 164. The lowest BCUT2D eigenvalue weighted by Crippen LogP contribution is -2.20. The molecule has 20 heavy (non-hydrogen) atoms. The first-order valence-corrected chi connectivity index (χ1v) is 7.77. The number of unbranched alkanes of at least 4 members (excludes halogenated alkanes) is 1. The van der Waals surface area contributed by atoms with Crippen molar-refractivity contribution < 1.29 is 24.7 Å². The normalized spacial score (nSPS) is 13.5. The number of hydrogen-bond acceptors (Lipinski definition) is 5. The van der Waals surface area contributed by atoms with Crippen molar-refractivity contribution in [2.75, 3.05) is 33.0 Å². The fraction of sp³-hybridized carbons (Fsp3) is 1.00. The topological polar surface area (TPSA) is 68.2 Å². The van der Waals surface area contributed by atoms with Crippen molar-refractivity contribution in [2.24, 2.45) is 5.92 Å². The highest BCUT2D eigenvalue weighted by Crippen LogP contribution is 2.12. The molecule has 0 radical (unpaired) electrons. The second-order valence-corrected chi connectivity index (χ2v) is 4.60. The SMILES string of the molecule is CCCCC(CC)COOCC(O)CO.CCOCC. The van der Waals surface area contributed by atoms with Gasteiger partial charge in [0, 0.05) is 13.2 Å². The molecular formula is C15H34O5. The maximum Gasteiger partial charge on any atom is 0.110 e. The minimum atomic E-state index is -0.847. The lowest BCUT2D eigenvalue weighted by molar-refractivity contribution is -0.312. The zero-order valence-electron chi connectivity index (χ0n) is 13.6. The molecule has 0 aliphatic carbocycles. The highest BCUT2D eigenvalue weighted by molar-refractivity contribution is 4.54. The predicted molar refractivity (Wildman–Crippen MR) is 80.5 cm³/mol. The predicted octanol–water partition coefficient (Wildman–Crippen LogP) is 2.55. The summed E-state index contributed by atoms with van der Waals surface area (Å²) in [7, 11) is 0. The van der Waals surface area contributed by atoms with E-state index in [2.05, 4.69) is 13.8 Å². The van der Waals surface area contributed by atoms with Crippen LogP contribution in [0.1, 0.15) is 53.4 Å². The second-order valence-electron chi connectivity index (χ2n) is 4.60. The molecule has 0 spiro atoms. The van der Waals surface area contributed by atoms with E-state index in [0.29, 0.717) is 12.5 Å². The van der Waals surface area contributed by atoms with E-state index in [1.54, 1.807) is 0 Å². The summed E-state index contributed by atoms with van der Waals surface area (Å²) < 4.78 is 4.83. The van der Waals surface area contributed by atoms with Crippen LogP contribution < -0.4 is 0 Å². The number of aliphatic hydroxyl groups is 2. The minimum Gasteiger partial charge on any atom is -0.394 e. The van der Waals surface area contributed by atoms with Gasteiger partial charge in [0.1, 0.15) is 12.7 Å². The standard InChI is InChI=1S/C11H24O4.C4H10O/c1-3-5-6-10(4-2)8-14-15-9-11(13)7-12;1-3-5-4-2/h10-13H,3-9H2,1-2H3;3-4H2,1-2H3. The molecule has 2 N–H and O–H groups in total. The van der Waals surface area contributed by atoms with Crippen LogP contribution in [0.5, 0.6) is 0 Å². The van der Waals surface area contributed by atoms with Crippen LogP contribution in [0.3, 0.4) is 0 Å². The number of rotatable bonds is 12. The van der Waals surface area contributed by atoms with Crippen molar-refractivity contribution in [2.45, 2.75) is 59.5 Å². The Hall–Kier alpha value is -0.200. The Kier molecular flexibility index (Phi) is 20.8. The van der Waals surface area contributed by atoms with Gasteiger partial charge in [-0.15, -0.1) is 0 Å². The van der Waals surface area contributed by atoms with Crippen LogP contribution in [-0.4, -0.2) is 49.4 Å². The molecule has 5 heteroatoms. The molecule has 0 aromatic rings. The van der Waals surface area contributed by atoms with Crippen molar-refractivity contribution in [1.29, 1.82) is 0 Å². The summed E-state index contributed by atoms with van der Waals surface area (Å²) in [6.07, 6.45) is 3.78. The lowest BCUT2D eigenvalue weighted by atomic mass is 10.0. The van der Waals surface area contributed by atoms with Gasteiger partial charge in [0.05, 0.1) is 13.2 Å². The average Bonchev–Trinajstić information content (AvgIpc) is 2.47. The average molecular weight is 294 g/mol. The van der Waals surface area contributed by atoms with Crippen LogP contribution >= 0.6 is 0 Å². The Balaban J connectivity index is 0. The maximum absolute atomic E-state index is 8.97. The van der Waals surface area contributed by atoms with E-state index in [0.717, 1.165) is 26.1 Å². The zero-order valence-corrected chi connectivity index (χ0v) is 13.6. The highest BCUT2D eigenvalue weighted by atomic mass is 17.2. The highest BCUT2D eigenvalue weighted by Gasteiger charge is 2.07. The van der Waals surface area contributed by atoms with E-state index >= 15 is 0 Å². The molecule has 0 rings (SSSR count). The summed E-state index contributed by atoms with van der Waals surface area (Å²) >= 11 is 0. The molecule has 0 saturated carbocycles. The molecule has 0 heterocycles. The van der Waals surface area contributed by atoms with E-state index in [1.165, 1.54) is 12.8 Å². The van der Waals surface area contributed by atoms with Gasteiger partial charge >= 0.3 is 0 Å². The van der Waals surface area contributed by atoms with Gasteiger partial charge in [0.25, 0.3) is 0 Å². The molecular weight excluding hydrogens is 260 g/mol. The van der Waals surface area contributed by atoms with E-state index in [-0.39, 0.29) is 13.2 Å². The quantitative estimate of drug-likeness (QED) is 0.329. The molecule has 0 bridgehead atoms. The Morgan fingerprint density at radius 2 is 1.55 bits per heavy atom. The van der Waals surface area contributed by atoms with E-state index < -0.39 is 6.10 Å². The molecule has 2 atom stereocenters. The molecule has 2 unspecified atom stereocenters. The van der Waals surface area contributed by atoms with Gasteiger partial charge in [0.2, 0.25) is 0 Å². The fourth-order valence-corrected chi connectivity index (χ4v) is 1.43. The van der Waals surface area contributed by atoms with Crippen LogP contribution in [0, 0.1) is 5.92 Å². The van der Waals surface area contributed by atoms with Crippen molar-refractivity contribution in [1.82, 2.24) is 0 Å². The Morgan fingerprint density at radius 3 is 1.95 bits per heavy atom. The molecule has 0 fully saturated rings. The van der Waals surface area contributed by atoms with E-state index in [4.69, 9.17) is 24.7 Å². The number of ether oxygens (including phenoxy) is 1. The molecule has 0 aromatic carbocycles. The Labute approximate surface area is 124 Å². The molecule has 0 aliphatic heterocycles. The summed E-state index contributed by atoms with van der Waals surface area (Å²) in [5, 5.41) is 17.5. The molecule has 124 valence electrons.